The van der Waals surface area contributed by atoms with Crippen molar-refractivity contribution in [3.63, 3.8) is 0 Å². The highest BCUT2D eigenvalue weighted by atomic mass is 33.1. The van der Waals surface area contributed by atoms with E-state index >= 15 is 0 Å². The summed E-state index contributed by atoms with van der Waals surface area (Å²) in [7, 11) is 1.61. The van der Waals surface area contributed by atoms with Gasteiger partial charge in [0.15, 0.2) is 0 Å². The standard InChI is InChI=1S/C5H12S3/c1-2-3-5(4-6)8-7/h5-7H,2-4H2,1H3. The van der Waals surface area contributed by atoms with Crippen molar-refractivity contribution in [2.24, 2.45) is 0 Å². The fourth-order valence-corrected chi connectivity index (χ4v) is 2.21. The minimum atomic E-state index is 0.645. The third-order valence-electron chi connectivity index (χ3n) is 0.963. The molecule has 0 aliphatic heterocycles. The first kappa shape index (κ1) is 9.05. The molecule has 0 rings (SSSR count). The molecular weight excluding hydrogens is 156 g/mol. The van der Waals surface area contributed by atoms with Crippen LogP contribution in [0.1, 0.15) is 19.8 Å². The number of rotatable bonds is 4. The zero-order valence-electron chi connectivity index (χ0n) is 5.00. The molecule has 0 aliphatic carbocycles. The smallest absolute Gasteiger partial charge is 0.0237 e. The Morgan fingerprint density at radius 2 is 2.25 bits per heavy atom. The van der Waals surface area contributed by atoms with Crippen LogP contribution in [-0.4, -0.2) is 11.0 Å². The van der Waals surface area contributed by atoms with E-state index in [1.54, 1.807) is 10.8 Å². The van der Waals surface area contributed by atoms with Crippen molar-refractivity contribution in [3.05, 3.63) is 0 Å². The van der Waals surface area contributed by atoms with E-state index in [1.807, 2.05) is 0 Å². The Labute approximate surface area is 66.0 Å². The van der Waals surface area contributed by atoms with Crippen LogP contribution in [0.3, 0.4) is 0 Å². The molecule has 1 atom stereocenters. The molecule has 8 heavy (non-hydrogen) atoms. The average Bonchev–Trinajstić information content (AvgIpc) is 1.83. The van der Waals surface area contributed by atoms with E-state index in [4.69, 9.17) is 0 Å². The molecule has 0 nitrogen and oxygen atoms in total. The maximum absolute atomic E-state index is 4.16. The second-order valence-corrected chi connectivity index (χ2v) is 3.57. The molecule has 0 heterocycles. The summed E-state index contributed by atoms with van der Waals surface area (Å²) in [4.78, 5) is 0. The van der Waals surface area contributed by atoms with Crippen LogP contribution in [0, 0.1) is 0 Å². The van der Waals surface area contributed by atoms with Crippen LogP contribution in [0.4, 0.5) is 0 Å². The van der Waals surface area contributed by atoms with Crippen molar-refractivity contribution in [2.75, 3.05) is 5.75 Å². The molecule has 0 radical (unpaired) electrons. The van der Waals surface area contributed by atoms with Crippen LogP contribution in [0.25, 0.3) is 0 Å². The molecule has 0 fully saturated rings. The van der Waals surface area contributed by atoms with Gasteiger partial charge in [0.05, 0.1) is 0 Å². The van der Waals surface area contributed by atoms with E-state index in [9.17, 15) is 0 Å². The molecule has 0 bridgehead atoms. The van der Waals surface area contributed by atoms with Crippen molar-refractivity contribution >= 4 is 35.1 Å². The maximum atomic E-state index is 4.16. The topological polar surface area (TPSA) is 0 Å². The summed E-state index contributed by atoms with van der Waals surface area (Å²) in [5.41, 5.74) is 0. The molecule has 1 unspecified atom stereocenters. The van der Waals surface area contributed by atoms with Gasteiger partial charge >= 0.3 is 0 Å². The van der Waals surface area contributed by atoms with Crippen LogP contribution >= 0.6 is 35.1 Å². The molecule has 0 amide bonds. The summed E-state index contributed by atoms with van der Waals surface area (Å²) in [6, 6.07) is 0. The summed E-state index contributed by atoms with van der Waals surface area (Å²) in [6.07, 6.45) is 2.47. The minimum Gasteiger partial charge on any atom is -0.178 e. The zero-order chi connectivity index (χ0) is 6.41. The van der Waals surface area contributed by atoms with Gasteiger partial charge in [-0.25, -0.2) is 0 Å². The molecule has 0 aliphatic rings. The Bertz CT molecular complexity index is 42.9. The lowest BCUT2D eigenvalue weighted by molar-refractivity contribution is 0.798. The quantitative estimate of drug-likeness (QED) is 0.481. The molecular formula is C5H12S3. The molecule has 0 spiro atoms. The van der Waals surface area contributed by atoms with Gasteiger partial charge in [-0.3, -0.25) is 0 Å². The van der Waals surface area contributed by atoms with Crippen molar-refractivity contribution in [1.82, 2.24) is 0 Å². The fourth-order valence-electron chi connectivity index (χ4n) is 0.499. The van der Waals surface area contributed by atoms with E-state index in [0.717, 1.165) is 5.75 Å². The van der Waals surface area contributed by atoms with Gasteiger partial charge < -0.3 is 0 Å². The third kappa shape index (κ3) is 3.98. The van der Waals surface area contributed by atoms with Gasteiger partial charge in [-0.2, -0.15) is 12.6 Å². The van der Waals surface area contributed by atoms with E-state index in [2.05, 4.69) is 31.2 Å². The molecule has 3 heteroatoms. The largest absolute Gasteiger partial charge is 0.178 e. The molecule has 50 valence electrons. The van der Waals surface area contributed by atoms with Crippen LogP contribution in [0.5, 0.6) is 0 Å². The normalized spacial score (nSPS) is 13.9. The second kappa shape index (κ2) is 6.17. The second-order valence-electron chi connectivity index (χ2n) is 1.70. The molecule has 0 saturated carbocycles. The van der Waals surface area contributed by atoms with E-state index in [-0.39, 0.29) is 0 Å². The summed E-state index contributed by atoms with van der Waals surface area (Å²) in [5, 5.41) is 0.645. The van der Waals surface area contributed by atoms with Crippen molar-refractivity contribution in [2.45, 2.75) is 25.0 Å². The fraction of sp³-hybridized carbons (Fsp3) is 1.00. The van der Waals surface area contributed by atoms with Crippen LogP contribution < -0.4 is 0 Å². The van der Waals surface area contributed by atoms with Gasteiger partial charge in [-0.15, -0.1) is 11.7 Å². The Kier molecular flexibility index (Phi) is 6.98. The van der Waals surface area contributed by atoms with Crippen LogP contribution in [0.2, 0.25) is 0 Å². The average molecular weight is 168 g/mol. The van der Waals surface area contributed by atoms with Gasteiger partial charge in [0.2, 0.25) is 0 Å². The first-order valence-electron chi connectivity index (χ1n) is 2.76. The van der Waals surface area contributed by atoms with Crippen molar-refractivity contribution in [3.8, 4) is 0 Å². The van der Waals surface area contributed by atoms with Crippen LogP contribution in [-0.2, 0) is 0 Å². The first-order chi connectivity index (χ1) is 3.85. The van der Waals surface area contributed by atoms with E-state index in [0.29, 0.717) is 5.25 Å². The predicted octanol–water partition coefficient (Wildman–Crippen LogP) is 2.66. The monoisotopic (exact) mass is 168 g/mol. The Hall–Kier alpha value is 1.05. The summed E-state index contributed by atoms with van der Waals surface area (Å²) >= 11 is 8.26. The van der Waals surface area contributed by atoms with Gasteiger partial charge in [0.25, 0.3) is 0 Å². The first-order valence-corrected chi connectivity index (χ1v) is 5.32. The lowest BCUT2D eigenvalue weighted by Gasteiger charge is -2.06. The molecule has 0 aromatic heterocycles. The van der Waals surface area contributed by atoms with Gasteiger partial charge in [-0.05, 0) is 6.42 Å². The Morgan fingerprint density at radius 1 is 1.62 bits per heavy atom. The van der Waals surface area contributed by atoms with Gasteiger partial charge in [0, 0.05) is 11.0 Å². The molecule has 0 aromatic carbocycles. The Morgan fingerprint density at radius 3 is 2.38 bits per heavy atom. The summed E-state index contributed by atoms with van der Waals surface area (Å²) < 4.78 is 0. The molecule has 0 N–H and O–H groups in total. The van der Waals surface area contributed by atoms with E-state index < -0.39 is 0 Å². The van der Waals surface area contributed by atoms with Gasteiger partial charge in [0.1, 0.15) is 0 Å². The summed E-state index contributed by atoms with van der Waals surface area (Å²) in [5.74, 6) is 0.946. The highest BCUT2D eigenvalue weighted by molar-refractivity contribution is 8.68. The zero-order valence-corrected chi connectivity index (χ0v) is 7.61. The molecule has 0 aromatic rings. The van der Waals surface area contributed by atoms with Crippen molar-refractivity contribution < 1.29 is 0 Å². The number of thiol groups is 2. The lowest BCUT2D eigenvalue weighted by Crippen LogP contribution is -2.00. The highest BCUT2D eigenvalue weighted by Gasteiger charge is 2.00. The van der Waals surface area contributed by atoms with Crippen LogP contribution in [0.15, 0.2) is 0 Å². The summed E-state index contributed by atoms with van der Waals surface area (Å²) in [6.45, 7) is 2.18. The van der Waals surface area contributed by atoms with Gasteiger partial charge in [-0.1, -0.05) is 24.1 Å². The van der Waals surface area contributed by atoms with Crippen molar-refractivity contribution in [1.29, 1.82) is 0 Å². The third-order valence-corrected chi connectivity index (χ3v) is 3.25. The predicted molar refractivity (Wildman–Crippen MR) is 49.1 cm³/mol. The minimum absolute atomic E-state index is 0.645. The lowest BCUT2D eigenvalue weighted by atomic mass is 10.3. The SMILES string of the molecule is CCCC(CS)SS. The number of hydrogen-bond acceptors (Lipinski definition) is 3. The van der Waals surface area contributed by atoms with E-state index in [1.165, 1.54) is 12.8 Å². The highest BCUT2D eigenvalue weighted by Crippen LogP contribution is 2.20. The maximum Gasteiger partial charge on any atom is 0.0237 e. The Balaban J connectivity index is 3.07. The molecule has 0 saturated heterocycles. The number of hydrogen-bond donors (Lipinski definition) is 2.